The Bertz CT molecular complexity index is 749. The molecule has 6 heteroatoms. The van der Waals surface area contributed by atoms with E-state index in [4.69, 9.17) is 5.11 Å². The van der Waals surface area contributed by atoms with Crippen LogP contribution in [0, 0.1) is 5.41 Å². The van der Waals surface area contributed by atoms with Crippen LogP contribution in [0.4, 0.5) is 0 Å². The first kappa shape index (κ1) is 14.4. The molecular weight excluding hydrogens is 288 g/mol. The first-order valence-electron chi connectivity index (χ1n) is 7.00. The maximum atomic E-state index is 12.5. The number of aromatic nitrogens is 1. The molecule has 1 aromatic heterocycles. The monoisotopic (exact) mass is 306 g/mol. The van der Waals surface area contributed by atoms with E-state index in [1.807, 2.05) is 6.07 Å². The van der Waals surface area contributed by atoms with Crippen molar-refractivity contribution in [2.24, 2.45) is 5.41 Å². The maximum Gasteiger partial charge on any atom is 0.241 e. The standard InChI is InChI=1S/C15H18N2O3S/c18-9-7-15(5-6-15)11-17-21(19,20)14-3-1-2-12-10-16-8-4-13(12)14/h1-4,8,10,17-18H,5-7,9,11H2. The van der Waals surface area contributed by atoms with Crippen LogP contribution < -0.4 is 4.72 Å². The van der Waals surface area contributed by atoms with Crippen LogP contribution in [0.1, 0.15) is 19.3 Å². The summed E-state index contributed by atoms with van der Waals surface area (Å²) in [6.45, 7) is 0.485. The Labute approximate surface area is 124 Å². The molecule has 1 aliphatic carbocycles. The minimum Gasteiger partial charge on any atom is -0.396 e. The van der Waals surface area contributed by atoms with Gasteiger partial charge in [-0.2, -0.15) is 0 Å². The lowest BCUT2D eigenvalue weighted by Gasteiger charge is -2.15. The molecule has 0 spiro atoms. The summed E-state index contributed by atoms with van der Waals surface area (Å²) in [6.07, 6.45) is 5.83. The molecule has 0 atom stereocenters. The minimum absolute atomic E-state index is 0.0477. The Hall–Kier alpha value is -1.50. The van der Waals surface area contributed by atoms with E-state index in [1.165, 1.54) is 0 Å². The van der Waals surface area contributed by atoms with E-state index in [9.17, 15) is 8.42 Å². The highest BCUT2D eigenvalue weighted by atomic mass is 32.2. The van der Waals surface area contributed by atoms with Crippen molar-refractivity contribution in [3.05, 3.63) is 36.7 Å². The molecule has 0 amide bonds. The number of aliphatic hydroxyl groups is 1. The molecule has 0 aliphatic heterocycles. The van der Waals surface area contributed by atoms with Crippen molar-refractivity contribution in [2.45, 2.75) is 24.2 Å². The summed E-state index contributed by atoms with van der Waals surface area (Å²) < 4.78 is 27.8. The van der Waals surface area contributed by atoms with Gasteiger partial charge in [0, 0.05) is 36.3 Å². The zero-order chi connectivity index (χ0) is 14.9. The summed E-state index contributed by atoms with van der Waals surface area (Å²) in [5, 5.41) is 10.5. The van der Waals surface area contributed by atoms with Gasteiger partial charge in [-0.05, 0) is 36.8 Å². The Kier molecular flexibility index (Phi) is 3.69. The van der Waals surface area contributed by atoms with Gasteiger partial charge < -0.3 is 5.11 Å². The van der Waals surface area contributed by atoms with Crippen molar-refractivity contribution >= 4 is 20.8 Å². The summed E-state index contributed by atoms with van der Waals surface area (Å²) in [4.78, 5) is 4.29. The molecule has 0 bridgehead atoms. The van der Waals surface area contributed by atoms with E-state index in [-0.39, 0.29) is 16.9 Å². The Balaban J connectivity index is 1.87. The van der Waals surface area contributed by atoms with Crippen molar-refractivity contribution in [1.29, 1.82) is 0 Å². The summed E-state index contributed by atoms with van der Waals surface area (Å²) in [7, 11) is -3.56. The van der Waals surface area contributed by atoms with Gasteiger partial charge in [0.15, 0.2) is 0 Å². The highest BCUT2D eigenvalue weighted by Crippen LogP contribution is 2.48. The number of rotatable bonds is 6. The van der Waals surface area contributed by atoms with Crippen molar-refractivity contribution < 1.29 is 13.5 Å². The van der Waals surface area contributed by atoms with Gasteiger partial charge >= 0.3 is 0 Å². The Morgan fingerprint density at radius 1 is 1.29 bits per heavy atom. The van der Waals surface area contributed by atoms with Gasteiger partial charge in [0.2, 0.25) is 10.0 Å². The minimum atomic E-state index is -3.56. The number of sulfonamides is 1. The molecule has 112 valence electrons. The van der Waals surface area contributed by atoms with Gasteiger partial charge in [0.05, 0.1) is 4.90 Å². The van der Waals surface area contributed by atoms with Gasteiger partial charge in [-0.15, -0.1) is 0 Å². The molecule has 2 aromatic rings. The summed E-state index contributed by atoms with van der Waals surface area (Å²) in [5.74, 6) is 0. The Morgan fingerprint density at radius 2 is 2.10 bits per heavy atom. The molecule has 3 rings (SSSR count). The molecule has 0 radical (unpaired) electrons. The predicted molar refractivity (Wildman–Crippen MR) is 80.3 cm³/mol. The Morgan fingerprint density at radius 3 is 2.81 bits per heavy atom. The average molecular weight is 306 g/mol. The van der Waals surface area contributed by atoms with Crippen molar-refractivity contribution in [3.8, 4) is 0 Å². The lowest BCUT2D eigenvalue weighted by Crippen LogP contribution is -2.31. The van der Waals surface area contributed by atoms with Crippen LogP contribution in [0.5, 0.6) is 0 Å². The van der Waals surface area contributed by atoms with Crippen LogP contribution >= 0.6 is 0 Å². The fraction of sp³-hybridized carbons (Fsp3) is 0.400. The number of hydrogen-bond donors (Lipinski definition) is 2. The van der Waals surface area contributed by atoms with Crippen LogP contribution in [0.25, 0.3) is 10.8 Å². The molecule has 5 nitrogen and oxygen atoms in total. The average Bonchev–Trinajstić information content (AvgIpc) is 3.25. The van der Waals surface area contributed by atoms with Gasteiger partial charge in [0.1, 0.15) is 0 Å². The zero-order valence-corrected chi connectivity index (χ0v) is 12.4. The fourth-order valence-corrected chi connectivity index (χ4v) is 3.97. The number of pyridine rings is 1. The van der Waals surface area contributed by atoms with Crippen LogP contribution in [-0.4, -0.2) is 31.7 Å². The molecular formula is C15H18N2O3S. The third kappa shape index (κ3) is 2.92. The van der Waals surface area contributed by atoms with Crippen molar-refractivity contribution in [3.63, 3.8) is 0 Å². The third-order valence-corrected chi connectivity index (χ3v) is 5.63. The second-order valence-electron chi connectivity index (χ2n) is 5.65. The number of nitrogens with zero attached hydrogens (tertiary/aromatic N) is 1. The largest absolute Gasteiger partial charge is 0.396 e. The zero-order valence-electron chi connectivity index (χ0n) is 11.6. The van der Waals surface area contributed by atoms with E-state index in [0.29, 0.717) is 18.4 Å². The second-order valence-corrected chi connectivity index (χ2v) is 7.39. The normalized spacial score (nSPS) is 17.0. The SMILES string of the molecule is O=S(=O)(NCC1(CCO)CC1)c1cccc2cnccc12. The van der Waals surface area contributed by atoms with Gasteiger partial charge in [-0.25, -0.2) is 13.1 Å². The first-order chi connectivity index (χ1) is 10.1. The first-order valence-corrected chi connectivity index (χ1v) is 8.48. The van der Waals surface area contributed by atoms with Crippen LogP contribution in [0.2, 0.25) is 0 Å². The van der Waals surface area contributed by atoms with Gasteiger partial charge in [-0.1, -0.05) is 12.1 Å². The molecule has 1 saturated carbocycles. The highest BCUT2D eigenvalue weighted by molar-refractivity contribution is 7.89. The van der Waals surface area contributed by atoms with E-state index < -0.39 is 10.0 Å². The lowest BCUT2D eigenvalue weighted by molar-refractivity contribution is 0.249. The lowest BCUT2D eigenvalue weighted by atomic mass is 10.0. The van der Waals surface area contributed by atoms with Gasteiger partial charge in [-0.3, -0.25) is 4.98 Å². The number of nitrogens with one attached hydrogen (secondary N) is 1. The molecule has 0 saturated heterocycles. The van der Waals surface area contributed by atoms with E-state index in [2.05, 4.69) is 9.71 Å². The quantitative estimate of drug-likeness (QED) is 0.851. The van der Waals surface area contributed by atoms with Crippen molar-refractivity contribution in [1.82, 2.24) is 9.71 Å². The number of aliphatic hydroxyl groups excluding tert-OH is 1. The molecule has 1 aromatic carbocycles. The van der Waals surface area contributed by atoms with E-state index >= 15 is 0 Å². The van der Waals surface area contributed by atoms with E-state index in [1.54, 1.807) is 30.6 Å². The van der Waals surface area contributed by atoms with E-state index in [0.717, 1.165) is 18.2 Å². The number of fused-ring (bicyclic) bond motifs is 1. The summed E-state index contributed by atoms with van der Waals surface area (Å²) in [6, 6.07) is 6.88. The van der Waals surface area contributed by atoms with Crippen LogP contribution in [0.3, 0.4) is 0 Å². The predicted octanol–water partition coefficient (Wildman–Crippen LogP) is 1.68. The summed E-state index contributed by atoms with van der Waals surface area (Å²) in [5.41, 5.74) is -0.0477. The fourth-order valence-electron chi connectivity index (χ4n) is 2.58. The molecule has 1 aliphatic rings. The van der Waals surface area contributed by atoms with Crippen LogP contribution in [0.15, 0.2) is 41.6 Å². The maximum absolute atomic E-state index is 12.5. The topological polar surface area (TPSA) is 79.3 Å². The molecule has 2 N–H and O–H groups in total. The highest BCUT2D eigenvalue weighted by Gasteiger charge is 2.42. The second kappa shape index (κ2) is 5.36. The molecule has 0 unspecified atom stereocenters. The molecule has 1 heterocycles. The van der Waals surface area contributed by atoms with Crippen LogP contribution in [-0.2, 0) is 10.0 Å². The number of hydrogen-bond acceptors (Lipinski definition) is 4. The molecule has 21 heavy (non-hydrogen) atoms. The smallest absolute Gasteiger partial charge is 0.241 e. The van der Waals surface area contributed by atoms with Crippen molar-refractivity contribution in [2.75, 3.05) is 13.2 Å². The van der Waals surface area contributed by atoms with Gasteiger partial charge in [0.25, 0.3) is 0 Å². The summed E-state index contributed by atoms with van der Waals surface area (Å²) >= 11 is 0. The number of benzene rings is 1. The molecule has 1 fully saturated rings. The third-order valence-electron chi connectivity index (χ3n) is 4.17.